The van der Waals surface area contributed by atoms with Crippen LogP contribution in [0.15, 0.2) is 24.3 Å². The van der Waals surface area contributed by atoms with Gasteiger partial charge in [-0.3, -0.25) is 24.0 Å². The molecule has 1 aromatic rings. The number of nitrogens with two attached hydrogens (primary N) is 2. The zero-order valence-electron chi connectivity index (χ0n) is 19.8. The number of carbonyl (C=O) groups is 6. The summed E-state index contributed by atoms with van der Waals surface area (Å²) in [4.78, 5) is 71.3. The summed E-state index contributed by atoms with van der Waals surface area (Å²) in [6.45, 7) is 0. The number of hydrogen-bond acceptors (Lipinski definition) is 9. The number of aromatic hydroxyl groups is 1. The Morgan fingerprint density at radius 1 is 0.811 bits per heavy atom. The molecule has 0 fully saturated rings. The smallest absolute Gasteiger partial charge is 0.326 e. The molecule has 10 N–H and O–H groups in total. The van der Waals surface area contributed by atoms with Gasteiger partial charge in [0.05, 0.1) is 6.04 Å². The number of nitrogens with one attached hydrogen (secondary N) is 3. The van der Waals surface area contributed by atoms with Gasteiger partial charge < -0.3 is 42.7 Å². The van der Waals surface area contributed by atoms with Crippen LogP contribution in [0.2, 0.25) is 0 Å². The first kappa shape index (κ1) is 31.2. The number of carboxylic acid groups (broad SMARTS) is 2. The number of amides is 4. The van der Waals surface area contributed by atoms with Crippen LogP contribution < -0.4 is 27.4 Å². The van der Waals surface area contributed by atoms with Crippen LogP contribution in [0, 0.1) is 0 Å². The molecule has 4 atom stereocenters. The van der Waals surface area contributed by atoms with Crippen molar-refractivity contribution >= 4 is 48.2 Å². The first-order chi connectivity index (χ1) is 17.3. The van der Waals surface area contributed by atoms with Crippen LogP contribution in [-0.4, -0.2) is 80.8 Å². The van der Waals surface area contributed by atoms with Gasteiger partial charge >= 0.3 is 11.9 Å². The Bertz CT molecular complexity index is 989. The van der Waals surface area contributed by atoms with Crippen molar-refractivity contribution in [1.82, 2.24) is 16.0 Å². The summed E-state index contributed by atoms with van der Waals surface area (Å²) in [5.74, 6) is -6.24. The number of aliphatic carboxylic acids is 2. The molecule has 0 aliphatic rings. The third-order valence-corrected chi connectivity index (χ3v) is 5.48. The molecule has 0 unspecified atom stereocenters. The van der Waals surface area contributed by atoms with Crippen molar-refractivity contribution in [2.75, 3.05) is 5.75 Å². The van der Waals surface area contributed by atoms with Gasteiger partial charge in [0, 0.05) is 18.6 Å². The summed E-state index contributed by atoms with van der Waals surface area (Å²) in [6.07, 6.45) is -1.32. The van der Waals surface area contributed by atoms with Crippen LogP contribution in [0.3, 0.4) is 0 Å². The molecule has 0 heterocycles. The van der Waals surface area contributed by atoms with Gasteiger partial charge in [-0.2, -0.15) is 12.6 Å². The second kappa shape index (κ2) is 15.3. The van der Waals surface area contributed by atoms with Crippen LogP contribution >= 0.6 is 12.6 Å². The summed E-state index contributed by atoms with van der Waals surface area (Å²) < 4.78 is 0. The quantitative estimate of drug-likeness (QED) is 0.103. The second-order valence-electron chi connectivity index (χ2n) is 8.12. The van der Waals surface area contributed by atoms with Crippen molar-refractivity contribution in [2.24, 2.45) is 11.5 Å². The van der Waals surface area contributed by atoms with Gasteiger partial charge in [-0.15, -0.1) is 0 Å². The van der Waals surface area contributed by atoms with Gasteiger partial charge in [-0.25, -0.2) is 4.79 Å². The number of rotatable bonds is 16. The number of carbonyl (C=O) groups excluding carboxylic acids is 4. The maximum atomic E-state index is 12.9. The third-order valence-electron chi connectivity index (χ3n) is 5.12. The molecule has 37 heavy (non-hydrogen) atoms. The summed E-state index contributed by atoms with van der Waals surface area (Å²) >= 11 is 3.99. The Hall–Kier alpha value is -3.85. The van der Waals surface area contributed by atoms with Gasteiger partial charge in [0.25, 0.3) is 0 Å². The standard InChI is InChI=1S/C22H31N5O9S/c23-13(9-11-1-3-12(28)4-2-11)19(32)25-14(5-7-17(24)29)20(33)27-16(10-37)21(34)26-15(22(35)36)6-8-18(30)31/h1-4,13-16,28,37H,5-10,23H2,(H2,24,29)(H,25,32)(H,26,34)(H,27,33)(H,30,31)(H,35,36)/t13-,14-,15-,16-/m0/s1. The lowest BCUT2D eigenvalue weighted by Gasteiger charge is -2.24. The maximum Gasteiger partial charge on any atom is 0.326 e. The predicted molar refractivity (Wildman–Crippen MR) is 132 cm³/mol. The molecule has 0 aliphatic carbocycles. The van der Waals surface area contributed by atoms with Crippen LogP contribution in [0.4, 0.5) is 0 Å². The van der Waals surface area contributed by atoms with Crippen molar-refractivity contribution in [3.05, 3.63) is 29.8 Å². The maximum absolute atomic E-state index is 12.9. The van der Waals surface area contributed by atoms with E-state index in [0.29, 0.717) is 5.56 Å². The largest absolute Gasteiger partial charge is 0.508 e. The van der Waals surface area contributed by atoms with E-state index in [4.69, 9.17) is 16.6 Å². The molecule has 0 spiro atoms. The molecule has 1 rings (SSSR count). The number of carboxylic acids is 2. The van der Waals surface area contributed by atoms with Crippen LogP contribution in [0.1, 0.15) is 31.2 Å². The highest BCUT2D eigenvalue weighted by molar-refractivity contribution is 7.80. The van der Waals surface area contributed by atoms with Gasteiger partial charge in [0.15, 0.2) is 0 Å². The van der Waals surface area contributed by atoms with Gasteiger partial charge in [-0.1, -0.05) is 12.1 Å². The Labute approximate surface area is 217 Å². The van der Waals surface area contributed by atoms with E-state index in [0.717, 1.165) is 0 Å². The van der Waals surface area contributed by atoms with Crippen LogP contribution in [0.25, 0.3) is 0 Å². The van der Waals surface area contributed by atoms with Crippen LogP contribution in [0.5, 0.6) is 5.75 Å². The van der Waals surface area contributed by atoms with Gasteiger partial charge in [-0.05, 0) is 37.0 Å². The van der Waals surface area contributed by atoms with Crippen molar-refractivity contribution in [1.29, 1.82) is 0 Å². The number of benzene rings is 1. The SMILES string of the molecule is NC(=O)CC[C@H](NC(=O)[C@@H](N)Cc1ccc(O)cc1)C(=O)N[C@@H](CS)C(=O)N[C@@H](CCC(=O)O)C(=O)O. The molecule has 0 bridgehead atoms. The fourth-order valence-electron chi connectivity index (χ4n) is 3.08. The van der Waals surface area contributed by atoms with Crippen molar-refractivity contribution in [3.63, 3.8) is 0 Å². The van der Waals surface area contributed by atoms with E-state index in [9.17, 15) is 39.0 Å². The van der Waals surface area contributed by atoms with E-state index in [1.54, 1.807) is 12.1 Å². The average molecular weight is 542 g/mol. The summed E-state index contributed by atoms with van der Waals surface area (Å²) in [7, 11) is 0. The highest BCUT2D eigenvalue weighted by atomic mass is 32.1. The van der Waals surface area contributed by atoms with E-state index in [-0.39, 0.29) is 37.2 Å². The molecule has 4 amide bonds. The highest BCUT2D eigenvalue weighted by Gasteiger charge is 2.30. The average Bonchev–Trinajstić information content (AvgIpc) is 2.83. The van der Waals surface area contributed by atoms with Crippen LogP contribution in [-0.2, 0) is 35.2 Å². The Morgan fingerprint density at radius 2 is 1.32 bits per heavy atom. The van der Waals surface area contributed by atoms with Gasteiger partial charge in [0.2, 0.25) is 23.6 Å². The van der Waals surface area contributed by atoms with E-state index in [1.807, 2.05) is 0 Å². The first-order valence-corrected chi connectivity index (χ1v) is 11.8. The molecule has 0 saturated heterocycles. The third kappa shape index (κ3) is 11.6. The Morgan fingerprint density at radius 3 is 1.84 bits per heavy atom. The minimum absolute atomic E-state index is 0.0318. The van der Waals surface area contributed by atoms with E-state index in [1.165, 1.54) is 12.1 Å². The van der Waals surface area contributed by atoms with E-state index < -0.39 is 66.2 Å². The Kier molecular flexibility index (Phi) is 12.9. The fraction of sp³-hybridized carbons (Fsp3) is 0.455. The summed E-state index contributed by atoms with van der Waals surface area (Å²) in [5, 5.41) is 34.2. The molecule has 0 saturated carbocycles. The van der Waals surface area contributed by atoms with E-state index in [2.05, 4.69) is 28.6 Å². The van der Waals surface area contributed by atoms with Gasteiger partial charge in [0.1, 0.15) is 23.9 Å². The first-order valence-electron chi connectivity index (χ1n) is 11.1. The second-order valence-corrected chi connectivity index (χ2v) is 8.48. The lowest BCUT2D eigenvalue weighted by Crippen LogP contribution is -2.58. The fourth-order valence-corrected chi connectivity index (χ4v) is 3.33. The lowest BCUT2D eigenvalue weighted by atomic mass is 10.0. The monoisotopic (exact) mass is 541 g/mol. The number of hydrogen-bond donors (Lipinski definition) is 9. The van der Waals surface area contributed by atoms with Crippen molar-refractivity contribution < 1.29 is 44.1 Å². The normalized spacial score (nSPS) is 13.9. The van der Waals surface area contributed by atoms with Crippen molar-refractivity contribution in [3.8, 4) is 5.75 Å². The topological polar surface area (TPSA) is 251 Å². The highest BCUT2D eigenvalue weighted by Crippen LogP contribution is 2.11. The molecule has 204 valence electrons. The van der Waals surface area contributed by atoms with Crippen molar-refractivity contribution in [2.45, 2.75) is 56.3 Å². The summed E-state index contributed by atoms with van der Waals surface area (Å²) in [5.41, 5.74) is 11.7. The number of primary amides is 1. The number of thiol groups is 1. The molecule has 14 nitrogen and oxygen atoms in total. The minimum Gasteiger partial charge on any atom is -0.508 e. The molecular weight excluding hydrogens is 510 g/mol. The minimum atomic E-state index is -1.52. The number of phenolic OH excluding ortho intramolecular Hbond substituents is 1. The lowest BCUT2D eigenvalue weighted by molar-refractivity contribution is -0.143. The molecule has 0 aliphatic heterocycles. The Balaban J connectivity index is 2.88. The number of phenols is 1. The molecule has 15 heteroatoms. The zero-order valence-corrected chi connectivity index (χ0v) is 20.6. The molecule has 1 aromatic carbocycles. The summed E-state index contributed by atoms with van der Waals surface area (Å²) in [6, 6.07) is 0.691. The molecule has 0 aromatic heterocycles. The predicted octanol–water partition coefficient (Wildman–Crippen LogP) is -2.14. The van der Waals surface area contributed by atoms with E-state index >= 15 is 0 Å². The molecule has 0 radical (unpaired) electrons. The zero-order chi connectivity index (χ0) is 28.1. The molecular formula is C22H31N5O9S.